The standard InChI is InChI=1S/C25H23ClN2O4/c1-16(18-7-3-2-4-8-18)27-25(30)19-9-5-6-10-21(19)28-23(29)15-17-13-20(26)24-22(14-17)31-11-12-32-24/h2-10,13-14,16H,11-12,15H2,1H3,(H,27,30)(H,28,29)/t16-/m0/s1. The van der Waals surface area contributed by atoms with E-state index in [0.29, 0.717) is 46.5 Å². The average Bonchev–Trinajstić information content (AvgIpc) is 2.80. The maximum absolute atomic E-state index is 12.9. The molecule has 1 aliphatic rings. The Kier molecular flexibility index (Phi) is 6.61. The zero-order valence-corrected chi connectivity index (χ0v) is 18.3. The number of hydrogen-bond donors (Lipinski definition) is 2. The van der Waals surface area contributed by atoms with Crippen molar-refractivity contribution in [1.29, 1.82) is 0 Å². The fourth-order valence-corrected chi connectivity index (χ4v) is 3.82. The lowest BCUT2D eigenvalue weighted by Crippen LogP contribution is -2.28. The van der Waals surface area contributed by atoms with E-state index in [-0.39, 0.29) is 24.3 Å². The summed E-state index contributed by atoms with van der Waals surface area (Å²) in [5.74, 6) is 0.492. The Hall–Kier alpha value is -3.51. The Labute approximate surface area is 191 Å². The van der Waals surface area contributed by atoms with Crippen LogP contribution < -0.4 is 20.1 Å². The van der Waals surface area contributed by atoms with Gasteiger partial charge in [-0.15, -0.1) is 0 Å². The molecule has 164 valence electrons. The third kappa shape index (κ3) is 5.03. The van der Waals surface area contributed by atoms with Gasteiger partial charge in [-0.3, -0.25) is 9.59 Å². The second-order valence-corrected chi connectivity index (χ2v) is 7.89. The molecule has 3 aromatic carbocycles. The number of carbonyl (C=O) groups is 2. The van der Waals surface area contributed by atoms with Crippen LogP contribution in [0.1, 0.15) is 34.5 Å². The molecule has 0 spiro atoms. The van der Waals surface area contributed by atoms with Crippen LogP contribution >= 0.6 is 11.6 Å². The molecule has 4 rings (SSSR count). The van der Waals surface area contributed by atoms with Crippen LogP contribution in [-0.2, 0) is 11.2 Å². The summed E-state index contributed by atoms with van der Waals surface area (Å²) in [5, 5.41) is 6.22. The average molecular weight is 451 g/mol. The molecule has 1 heterocycles. The summed E-state index contributed by atoms with van der Waals surface area (Å²) in [4.78, 5) is 25.6. The molecule has 0 saturated carbocycles. The van der Waals surface area contributed by atoms with E-state index < -0.39 is 0 Å². The molecule has 7 heteroatoms. The van der Waals surface area contributed by atoms with Crippen LogP contribution in [0, 0.1) is 0 Å². The van der Waals surface area contributed by atoms with E-state index in [1.165, 1.54) is 0 Å². The van der Waals surface area contributed by atoms with Crippen LogP contribution in [0.15, 0.2) is 66.7 Å². The summed E-state index contributed by atoms with van der Waals surface area (Å²) in [7, 11) is 0. The zero-order valence-electron chi connectivity index (χ0n) is 17.6. The van der Waals surface area contributed by atoms with E-state index in [2.05, 4.69) is 10.6 Å². The van der Waals surface area contributed by atoms with E-state index in [0.717, 1.165) is 5.56 Å². The normalized spacial score (nSPS) is 13.2. The third-order valence-electron chi connectivity index (χ3n) is 5.11. The SMILES string of the molecule is C[C@H](NC(=O)c1ccccc1NC(=O)Cc1cc(Cl)c2c(c1)OCCO2)c1ccccc1. The van der Waals surface area contributed by atoms with Gasteiger partial charge in [-0.2, -0.15) is 0 Å². The van der Waals surface area contributed by atoms with Gasteiger partial charge in [0.2, 0.25) is 5.91 Å². The summed E-state index contributed by atoms with van der Waals surface area (Å²) in [5.41, 5.74) is 2.52. The maximum atomic E-state index is 12.9. The molecule has 1 aliphatic heterocycles. The Bertz CT molecular complexity index is 1130. The highest BCUT2D eigenvalue weighted by Crippen LogP contribution is 2.38. The smallest absolute Gasteiger partial charge is 0.253 e. The first-order valence-electron chi connectivity index (χ1n) is 10.3. The van der Waals surface area contributed by atoms with Gasteiger partial charge in [-0.05, 0) is 42.3 Å². The lowest BCUT2D eigenvalue weighted by molar-refractivity contribution is -0.115. The number of para-hydroxylation sites is 1. The molecule has 0 radical (unpaired) electrons. The Morgan fingerprint density at radius 2 is 1.72 bits per heavy atom. The lowest BCUT2D eigenvalue weighted by atomic mass is 10.1. The molecule has 0 aromatic heterocycles. The molecule has 32 heavy (non-hydrogen) atoms. The van der Waals surface area contributed by atoms with Gasteiger partial charge in [0, 0.05) is 0 Å². The van der Waals surface area contributed by atoms with Crippen LogP contribution in [0.3, 0.4) is 0 Å². The van der Waals surface area contributed by atoms with Crippen molar-refractivity contribution in [3.05, 3.63) is 88.4 Å². The molecule has 0 aliphatic carbocycles. The van der Waals surface area contributed by atoms with Gasteiger partial charge in [0.05, 0.1) is 28.7 Å². The summed E-state index contributed by atoms with van der Waals surface area (Å²) in [6, 6.07) is 19.9. The summed E-state index contributed by atoms with van der Waals surface area (Å²) in [6.45, 7) is 2.79. The van der Waals surface area contributed by atoms with Crippen LogP contribution in [0.25, 0.3) is 0 Å². The molecule has 0 fully saturated rings. The van der Waals surface area contributed by atoms with Crippen molar-refractivity contribution in [3.8, 4) is 11.5 Å². The van der Waals surface area contributed by atoms with Gasteiger partial charge in [0.1, 0.15) is 13.2 Å². The molecule has 0 saturated heterocycles. The van der Waals surface area contributed by atoms with Crippen molar-refractivity contribution in [3.63, 3.8) is 0 Å². The number of hydrogen-bond acceptors (Lipinski definition) is 4. The Balaban J connectivity index is 1.45. The fraction of sp³-hybridized carbons (Fsp3) is 0.200. The Morgan fingerprint density at radius 3 is 2.53 bits per heavy atom. The van der Waals surface area contributed by atoms with Gasteiger partial charge in [0.25, 0.3) is 5.91 Å². The minimum atomic E-state index is -0.269. The highest BCUT2D eigenvalue weighted by Gasteiger charge is 2.19. The molecule has 2 N–H and O–H groups in total. The quantitative estimate of drug-likeness (QED) is 0.566. The first kappa shape index (κ1) is 21.7. The van der Waals surface area contributed by atoms with Gasteiger partial charge >= 0.3 is 0 Å². The number of rotatable bonds is 6. The molecule has 6 nitrogen and oxygen atoms in total. The number of carbonyl (C=O) groups excluding carboxylic acids is 2. The first-order valence-corrected chi connectivity index (χ1v) is 10.7. The first-order chi connectivity index (χ1) is 15.5. The highest BCUT2D eigenvalue weighted by atomic mass is 35.5. The third-order valence-corrected chi connectivity index (χ3v) is 5.39. The Morgan fingerprint density at radius 1 is 1.00 bits per heavy atom. The minimum Gasteiger partial charge on any atom is -0.486 e. The van der Waals surface area contributed by atoms with E-state index in [4.69, 9.17) is 21.1 Å². The molecule has 3 aromatic rings. The number of benzene rings is 3. The van der Waals surface area contributed by atoms with Gasteiger partial charge in [-0.25, -0.2) is 0 Å². The van der Waals surface area contributed by atoms with Crippen LogP contribution in [0.5, 0.6) is 11.5 Å². The molecular formula is C25H23ClN2O4. The van der Waals surface area contributed by atoms with Crippen molar-refractivity contribution in [2.24, 2.45) is 0 Å². The van der Waals surface area contributed by atoms with Gasteiger partial charge < -0.3 is 20.1 Å². The number of amides is 2. The minimum absolute atomic E-state index is 0.0761. The number of ether oxygens (including phenoxy) is 2. The van der Waals surface area contributed by atoms with Crippen molar-refractivity contribution in [2.75, 3.05) is 18.5 Å². The highest BCUT2D eigenvalue weighted by molar-refractivity contribution is 6.32. The second-order valence-electron chi connectivity index (χ2n) is 7.48. The fourth-order valence-electron chi connectivity index (χ4n) is 3.54. The van der Waals surface area contributed by atoms with Gasteiger partial charge in [-0.1, -0.05) is 54.1 Å². The van der Waals surface area contributed by atoms with E-state index >= 15 is 0 Å². The van der Waals surface area contributed by atoms with Crippen LogP contribution in [0.2, 0.25) is 5.02 Å². The number of nitrogens with one attached hydrogen (secondary N) is 2. The van der Waals surface area contributed by atoms with Crippen molar-refractivity contribution in [1.82, 2.24) is 5.32 Å². The lowest BCUT2D eigenvalue weighted by Gasteiger charge is -2.20. The zero-order chi connectivity index (χ0) is 22.5. The summed E-state index contributed by atoms with van der Waals surface area (Å²) >= 11 is 6.27. The number of halogens is 1. The number of anilines is 1. The largest absolute Gasteiger partial charge is 0.486 e. The summed E-state index contributed by atoms with van der Waals surface area (Å²) < 4.78 is 11.1. The second kappa shape index (κ2) is 9.75. The predicted octanol–water partition coefficient (Wildman–Crippen LogP) is 4.78. The van der Waals surface area contributed by atoms with Crippen molar-refractivity contribution < 1.29 is 19.1 Å². The van der Waals surface area contributed by atoms with E-state index in [9.17, 15) is 9.59 Å². The van der Waals surface area contributed by atoms with Crippen molar-refractivity contribution in [2.45, 2.75) is 19.4 Å². The molecule has 0 bridgehead atoms. The maximum Gasteiger partial charge on any atom is 0.253 e. The molecule has 0 unspecified atom stereocenters. The van der Waals surface area contributed by atoms with E-state index in [1.54, 1.807) is 36.4 Å². The van der Waals surface area contributed by atoms with Crippen molar-refractivity contribution >= 4 is 29.1 Å². The summed E-state index contributed by atoms with van der Waals surface area (Å²) in [6.07, 6.45) is 0.0761. The molecular weight excluding hydrogens is 428 g/mol. The molecule has 2 amide bonds. The number of fused-ring (bicyclic) bond motifs is 1. The van der Waals surface area contributed by atoms with E-state index in [1.807, 2.05) is 37.3 Å². The molecule has 1 atom stereocenters. The topological polar surface area (TPSA) is 76.7 Å². The predicted molar refractivity (Wildman–Crippen MR) is 124 cm³/mol. The van der Waals surface area contributed by atoms with Gasteiger partial charge in [0.15, 0.2) is 11.5 Å². The van der Waals surface area contributed by atoms with Crippen LogP contribution in [0.4, 0.5) is 5.69 Å². The van der Waals surface area contributed by atoms with Crippen LogP contribution in [-0.4, -0.2) is 25.0 Å². The monoisotopic (exact) mass is 450 g/mol.